The predicted octanol–water partition coefficient (Wildman–Crippen LogP) is 4.37. The molecule has 162 valence electrons. The maximum Gasteiger partial charge on any atom is 0.344 e. The summed E-state index contributed by atoms with van der Waals surface area (Å²) in [6.07, 6.45) is 1.38. The van der Waals surface area contributed by atoms with Crippen LogP contribution < -0.4 is 15.5 Å². The number of nitrogens with one attached hydrogen (secondary N) is 2. The molecule has 0 spiro atoms. The standard InChI is InChI=1S/C24H20BrN3O4/c1-15-7-10-18(13-16(15)2)27-22(29)23(30)28-26-14-17-8-11-19(12-9-17)32-24(31)20-5-3-4-6-21(20)25/h3-14H,1-2H3,(H,27,29)(H,28,30)/b26-14+. The largest absolute Gasteiger partial charge is 0.423 e. The zero-order valence-corrected chi connectivity index (χ0v) is 19.0. The topological polar surface area (TPSA) is 96.9 Å². The average molecular weight is 494 g/mol. The fraction of sp³-hybridized carbons (Fsp3) is 0.0833. The van der Waals surface area contributed by atoms with Gasteiger partial charge in [0.15, 0.2) is 0 Å². The van der Waals surface area contributed by atoms with Gasteiger partial charge in [-0.3, -0.25) is 9.59 Å². The summed E-state index contributed by atoms with van der Waals surface area (Å²) in [5.74, 6) is -1.83. The molecular formula is C24H20BrN3O4. The molecule has 8 heteroatoms. The van der Waals surface area contributed by atoms with Gasteiger partial charge in [0.1, 0.15) is 5.75 Å². The van der Waals surface area contributed by atoms with Crippen LogP contribution in [0.3, 0.4) is 0 Å². The Kier molecular flexibility index (Phi) is 7.51. The highest BCUT2D eigenvalue weighted by Crippen LogP contribution is 2.19. The Morgan fingerprint density at radius 3 is 2.31 bits per heavy atom. The SMILES string of the molecule is Cc1ccc(NC(=O)C(=O)N/N=C/c2ccc(OC(=O)c3ccccc3Br)cc2)cc1C. The zero-order chi connectivity index (χ0) is 23.1. The van der Waals surface area contributed by atoms with Crippen molar-refractivity contribution in [2.45, 2.75) is 13.8 Å². The van der Waals surface area contributed by atoms with Gasteiger partial charge in [0, 0.05) is 10.2 Å². The third kappa shape index (κ3) is 6.12. The van der Waals surface area contributed by atoms with Crippen LogP contribution in [0, 0.1) is 13.8 Å². The third-order valence-corrected chi connectivity index (χ3v) is 5.23. The number of esters is 1. The summed E-state index contributed by atoms with van der Waals surface area (Å²) in [6, 6.07) is 18.9. The second-order valence-corrected chi connectivity index (χ2v) is 7.75. The molecule has 0 aromatic heterocycles. The zero-order valence-electron chi connectivity index (χ0n) is 17.4. The maximum atomic E-state index is 12.2. The smallest absolute Gasteiger partial charge is 0.344 e. The van der Waals surface area contributed by atoms with E-state index in [1.165, 1.54) is 6.21 Å². The van der Waals surface area contributed by atoms with Gasteiger partial charge < -0.3 is 10.1 Å². The summed E-state index contributed by atoms with van der Waals surface area (Å²) in [7, 11) is 0. The van der Waals surface area contributed by atoms with Crippen LogP contribution in [0.15, 0.2) is 76.3 Å². The lowest BCUT2D eigenvalue weighted by Crippen LogP contribution is -2.32. The molecule has 0 fully saturated rings. The Morgan fingerprint density at radius 2 is 1.62 bits per heavy atom. The Morgan fingerprint density at radius 1 is 0.906 bits per heavy atom. The lowest BCUT2D eigenvalue weighted by molar-refractivity contribution is -0.136. The van der Waals surface area contributed by atoms with E-state index in [9.17, 15) is 14.4 Å². The van der Waals surface area contributed by atoms with Gasteiger partial charge in [-0.15, -0.1) is 0 Å². The van der Waals surface area contributed by atoms with Crippen LogP contribution in [0.1, 0.15) is 27.0 Å². The van der Waals surface area contributed by atoms with Crippen LogP contribution in [-0.4, -0.2) is 24.0 Å². The predicted molar refractivity (Wildman–Crippen MR) is 126 cm³/mol. The minimum Gasteiger partial charge on any atom is -0.423 e. The summed E-state index contributed by atoms with van der Waals surface area (Å²) < 4.78 is 5.99. The second kappa shape index (κ2) is 10.5. The molecule has 3 rings (SSSR count). The van der Waals surface area contributed by atoms with Gasteiger partial charge in [0.2, 0.25) is 0 Å². The normalized spacial score (nSPS) is 10.6. The van der Waals surface area contributed by atoms with Gasteiger partial charge >= 0.3 is 17.8 Å². The van der Waals surface area contributed by atoms with Crippen molar-refractivity contribution in [3.63, 3.8) is 0 Å². The second-order valence-electron chi connectivity index (χ2n) is 6.89. The minimum atomic E-state index is -0.890. The lowest BCUT2D eigenvalue weighted by Gasteiger charge is -2.07. The average Bonchev–Trinajstić information content (AvgIpc) is 2.77. The quantitative estimate of drug-likeness (QED) is 0.181. The molecule has 0 radical (unpaired) electrons. The molecule has 2 N–H and O–H groups in total. The molecule has 0 unspecified atom stereocenters. The Hall–Kier alpha value is -3.78. The molecule has 0 saturated carbocycles. The van der Waals surface area contributed by atoms with Crippen molar-refractivity contribution in [1.29, 1.82) is 0 Å². The number of rotatable bonds is 5. The van der Waals surface area contributed by atoms with E-state index in [-0.39, 0.29) is 0 Å². The molecule has 0 atom stereocenters. The molecule has 3 aromatic rings. The Balaban J connectivity index is 1.52. The van der Waals surface area contributed by atoms with Crippen molar-refractivity contribution in [2.75, 3.05) is 5.32 Å². The molecule has 0 bridgehead atoms. The van der Waals surface area contributed by atoms with Crippen molar-refractivity contribution in [3.8, 4) is 5.75 Å². The van der Waals surface area contributed by atoms with E-state index in [4.69, 9.17) is 4.74 Å². The fourth-order valence-electron chi connectivity index (χ4n) is 2.63. The number of ether oxygens (including phenoxy) is 1. The Labute approximate surface area is 193 Å². The van der Waals surface area contributed by atoms with Crippen molar-refractivity contribution in [1.82, 2.24) is 5.43 Å². The van der Waals surface area contributed by atoms with Crippen LogP contribution >= 0.6 is 15.9 Å². The highest BCUT2D eigenvalue weighted by molar-refractivity contribution is 9.10. The number of halogens is 1. The first-order valence-corrected chi connectivity index (χ1v) is 10.4. The van der Waals surface area contributed by atoms with E-state index in [1.54, 1.807) is 60.7 Å². The molecule has 2 amide bonds. The third-order valence-electron chi connectivity index (χ3n) is 4.54. The summed E-state index contributed by atoms with van der Waals surface area (Å²) in [5, 5.41) is 6.31. The number of nitrogens with zero attached hydrogens (tertiary/aromatic N) is 1. The molecule has 0 aliphatic heterocycles. The Bertz CT molecular complexity index is 1190. The molecule has 7 nitrogen and oxygen atoms in total. The van der Waals surface area contributed by atoms with Crippen LogP contribution in [-0.2, 0) is 9.59 Å². The summed E-state index contributed by atoms with van der Waals surface area (Å²) in [4.78, 5) is 36.2. The van der Waals surface area contributed by atoms with Crippen LogP contribution in [0.5, 0.6) is 5.75 Å². The number of hydrogen-bond acceptors (Lipinski definition) is 5. The molecule has 32 heavy (non-hydrogen) atoms. The van der Waals surface area contributed by atoms with Crippen molar-refractivity contribution < 1.29 is 19.1 Å². The van der Waals surface area contributed by atoms with Crippen molar-refractivity contribution in [2.24, 2.45) is 5.10 Å². The van der Waals surface area contributed by atoms with E-state index < -0.39 is 17.8 Å². The van der Waals surface area contributed by atoms with Crippen LogP contribution in [0.25, 0.3) is 0 Å². The molecule has 3 aromatic carbocycles. The first-order valence-electron chi connectivity index (χ1n) is 9.62. The number of hydrogen-bond donors (Lipinski definition) is 2. The number of carbonyl (C=O) groups is 3. The summed E-state index contributed by atoms with van der Waals surface area (Å²) in [5.41, 5.74) is 5.86. The highest BCUT2D eigenvalue weighted by atomic mass is 79.9. The van der Waals surface area contributed by atoms with Crippen molar-refractivity contribution >= 4 is 45.6 Å². The van der Waals surface area contributed by atoms with Crippen LogP contribution in [0.2, 0.25) is 0 Å². The van der Waals surface area contributed by atoms with Crippen molar-refractivity contribution in [3.05, 3.63) is 93.5 Å². The van der Waals surface area contributed by atoms with Gasteiger partial charge in [-0.25, -0.2) is 10.2 Å². The summed E-state index contributed by atoms with van der Waals surface area (Å²) in [6.45, 7) is 3.88. The maximum absolute atomic E-state index is 12.2. The molecular weight excluding hydrogens is 474 g/mol. The number of carbonyl (C=O) groups excluding carboxylic acids is 3. The monoisotopic (exact) mass is 493 g/mol. The van der Waals surface area contributed by atoms with Gasteiger partial charge in [0.25, 0.3) is 0 Å². The van der Waals surface area contributed by atoms with Gasteiger partial charge in [-0.2, -0.15) is 5.10 Å². The number of amides is 2. The number of aryl methyl sites for hydroxylation is 2. The van der Waals surface area contributed by atoms with E-state index >= 15 is 0 Å². The van der Waals surface area contributed by atoms with Gasteiger partial charge in [-0.05, 0) is 95.0 Å². The number of hydrazone groups is 1. The lowest BCUT2D eigenvalue weighted by atomic mass is 10.1. The van der Waals surface area contributed by atoms with E-state index in [0.717, 1.165) is 11.1 Å². The molecule has 0 aliphatic rings. The van der Waals surface area contributed by atoms with Crippen LogP contribution in [0.4, 0.5) is 5.69 Å². The molecule has 0 saturated heterocycles. The number of anilines is 1. The first kappa shape index (κ1) is 22.9. The van der Waals surface area contributed by atoms with E-state index in [2.05, 4.69) is 31.8 Å². The van der Waals surface area contributed by atoms with Gasteiger partial charge in [0.05, 0.1) is 11.8 Å². The molecule has 0 heterocycles. The van der Waals surface area contributed by atoms with Gasteiger partial charge in [-0.1, -0.05) is 18.2 Å². The summed E-state index contributed by atoms with van der Waals surface area (Å²) >= 11 is 3.32. The van der Waals surface area contributed by atoms with E-state index in [1.807, 2.05) is 19.9 Å². The number of benzene rings is 3. The molecule has 0 aliphatic carbocycles. The highest BCUT2D eigenvalue weighted by Gasteiger charge is 2.13. The fourth-order valence-corrected chi connectivity index (χ4v) is 3.08. The minimum absolute atomic E-state index is 0.361. The van der Waals surface area contributed by atoms with E-state index in [0.29, 0.717) is 27.0 Å². The first-order chi connectivity index (χ1) is 15.3.